The molecule has 1 atom stereocenters. The molecule has 2 N–H and O–H groups in total. The highest BCUT2D eigenvalue weighted by molar-refractivity contribution is 7.16. The van der Waals surface area contributed by atoms with Gasteiger partial charge in [-0.3, -0.25) is 5.10 Å². The van der Waals surface area contributed by atoms with Gasteiger partial charge in [0.1, 0.15) is 0 Å². The van der Waals surface area contributed by atoms with E-state index in [0.29, 0.717) is 6.54 Å². The van der Waals surface area contributed by atoms with Crippen molar-refractivity contribution in [3.05, 3.63) is 39.3 Å². The molecule has 7 heteroatoms. The molecule has 0 radical (unpaired) electrons. The molecule has 118 valence electrons. The summed E-state index contributed by atoms with van der Waals surface area (Å²) in [6.07, 6.45) is 7.70. The molecule has 3 heterocycles. The van der Waals surface area contributed by atoms with Gasteiger partial charge < -0.3 is 10.2 Å². The second-order valence-electron chi connectivity index (χ2n) is 5.42. The number of aromatic amines is 1. The van der Waals surface area contributed by atoms with Gasteiger partial charge in [-0.2, -0.15) is 5.10 Å². The van der Waals surface area contributed by atoms with Crippen LogP contribution in [0.15, 0.2) is 24.5 Å². The van der Waals surface area contributed by atoms with Crippen LogP contribution in [0.2, 0.25) is 4.34 Å². The Balaban J connectivity index is 1.55. The molecule has 22 heavy (non-hydrogen) atoms. The Labute approximate surface area is 138 Å². The van der Waals surface area contributed by atoms with Gasteiger partial charge in [0, 0.05) is 29.7 Å². The summed E-state index contributed by atoms with van der Waals surface area (Å²) in [5, 5.41) is 9.86. The predicted molar refractivity (Wildman–Crippen MR) is 88.3 cm³/mol. The van der Waals surface area contributed by atoms with Gasteiger partial charge >= 0.3 is 6.03 Å². The number of rotatable bonds is 4. The first-order chi connectivity index (χ1) is 10.7. The van der Waals surface area contributed by atoms with Crippen LogP contribution in [0, 0.1) is 0 Å². The number of aromatic nitrogens is 2. The summed E-state index contributed by atoms with van der Waals surface area (Å²) >= 11 is 7.48. The van der Waals surface area contributed by atoms with Crippen LogP contribution in [0.3, 0.4) is 0 Å². The number of carbonyl (C=O) groups is 1. The van der Waals surface area contributed by atoms with Crippen LogP contribution in [-0.2, 0) is 6.42 Å². The molecule has 2 aromatic heterocycles. The molecule has 0 spiro atoms. The van der Waals surface area contributed by atoms with E-state index in [4.69, 9.17) is 11.6 Å². The minimum absolute atomic E-state index is 0.00792. The van der Waals surface area contributed by atoms with E-state index in [0.717, 1.165) is 42.1 Å². The van der Waals surface area contributed by atoms with Crippen molar-refractivity contribution in [3.63, 3.8) is 0 Å². The summed E-state index contributed by atoms with van der Waals surface area (Å²) in [6, 6.07) is 4.04. The molecular formula is C15H19ClN4OS. The van der Waals surface area contributed by atoms with Gasteiger partial charge in [-0.25, -0.2) is 4.79 Å². The Morgan fingerprint density at radius 3 is 3.14 bits per heavy atom. The first-order valence-corrected chi connectivity index (χ1v) is 8.71. The quantitative estimate of drug-likeness (QED) is 0.894. The Morgan fingerprint density at radius 2 is 2.41 bits per heavy atom. The third kappa shape index (κ3) is 3.62. The molecule has 2 amide bonds. The summed E-state index contributed by atoms with van der Waals surface area (Å²) in [6.45, 7) is 1.43. The lowest BCUT2D eigenvalue weighted by Gasteiger charge is -2.35. The molecule has 0 bridgehead atoms. The highest BCUT2D eigenvalue weighted by Gasteiger charge is 2.28. The second-order valence-corrected chi connectivity index (χ2v) is 7.22. The second kappa shape index (κ2) is 7.15. The number of thiophene rings is 1. The van der Waals surface area contributed by atoms with Crippen molar-refractivity contribution in [2.45, 2.75) is 31.7 Å². The Hall–Kier alpha value is -1.53. The molecule has 1 saturated heterocycles. The zero-order valence-electron chi connectivity index (χ0n) is 12.2. The maximum Gasteiger partial charge on any atom is 0.317 e. The lowest BCUT2D eigenvalue weighted by Crippen LogP contribution is -2.45. The zero-order chi connectivity index (χ0) is 15.4. The van der Waals surface area contributed by atoms with Crippen LogP contribution in [0.25, 0.3) is 0 Å². The highest BCUT2D eigenvalue weighted by Crippen LogP contribution is 2.30. The number of hydrogen-bond acceptors (Lipinski definition) is 3. The number of nitrogens with zero attached hydrogens (tertiary/aromatic N) is 2. The average molecular weight is 339 g/mol. The van der Waals surface area contributed by atoms with Crippen molar-refractivity contribution in [3.8, 4) is 0 Å². The minimum Gasteiger partial charge on any atom is -0.338 e. The Kier molecular flexibility index (Phi) is 5.00. The van der Waals surface area contributed by atoms with Crippen molar-refractivity contribution in [2.24, 2.45) is 0 Å². The number of carbonyl (C=O) groups excluding carboxylic acids is 1. The van der Waals surface area contributed by atoms with Gasteiger partial charge in [-0.15, -0.1) is 11.3 Å². The first-order valence-electron chi connectivity index (χ1n) is 7.51. The van der Waals surface area contributed by atoms with Gasteiger partial charge in [0.25, 0.3) is 0 Å². The number of urea groups is 1. The normalized spacial score (nSPS) is 18.4. The average Bonchev–Trinajstić information content (AvgIpc) is 3.19. The van der Waals surface area contributed by atoms with Gasteiger partial charge in [0.2, 0.25) is 0 Å². The molecule has 1 fully saturated rings. The van der Waals surface area contributed by atoms with Crippen molar-refractivity contribution in [2.75, 3.05) is 13.1 Å². The SMILES string of the molecule is O=C(NCCc1ccc(Cl)s1)N1CCCCC1c1cn[nH]c1. The number of H-pyrrole nitrogens is 1. The fraction of sp³-hybridized carbons (Fsp3) is 0.467. The van der Waals surface area contributed by atoms with Gasteiger partial charge in [0.05, 0.1) is 16.6 Å². The molecule has 0 saturated carbocycles. The van der Waals surface area contributed by atoms with Crippen LogP contribution in [0.5, 0.6) is 0 Å². The zero-order valence-corrected chi connectivity index (χ0v) is 13.8. The van der Waals surface area contributed by atoms with Gasteiger partial charge in [-0.1, -0.05) is 11.6 Å². The van der Waals surface area contributed by atoms with Gasteiger partial charge in [-0.05, 0) is 37.8 Å². The number of amides is 2. The Bertz CT molecular complexity index is 613. The first kappa shape index (κ1) is 15.4. The maximum absolute atomic E-state index is 12.5. The monoisotopic (exact) mass is 338 g/mol. The number of halogens is 1. The molecular weight excluding hydrogens is 320 g/mol. The number of piperidine rings is 1. The fourth-order valence-corrected chi connectivity index (χ4v) is 3.93. The number of hydrogen-bond donors (Lipinski definition) is 2. The van der Waals surface area contributed by atoms with E-state index in [2.05, 4.69) is 15.5 Å². The van der Waals surface area contributed by atoms with Crippen LogP contribution < -0.4 is 5.32 Å². The summed E-state index contributed by atoms with van der Waals surface area (Å²) < 4.78 is 0.789. The summed E-state index contributed by atoms with van der Waals surface area (Å²) in [5.41, 5.74) is 1.08. The lowest BCUT2D eigenvalue weighted by atomic mass is 9.98. The molecule has 0 aliphatic carbocycles. The third-order valence-corrected chi connectivity index (χ3v) is 5.24. The van der Waals surface area contributed by atoms with Crippen LogP contribution >= 0.6 is 22.9 Å². The van der Waals surface area contributed by atoms with E-state index in [1.54, 1.807) is 11.3 Å². The van der Waals surface area contributed by atoms with E-state index >= 15 is 0 Å². The molecule has 0 aromatic carbocycles. The molecule has 1 aliphatic rings. The standard InChI is InChI=1S/C15H19ClN4OS/c16-14-5-4-12(22-14)6-7-17-15(21)20-8-2-1-3-13(20)11-9-18-19-10-11/h4-5,9-10,13H,1-3,6-8H2,(H,17,21)(H,18,19). The third-order valence-electron chi connectivity index (χ3n) is 3.94. The van der Waals surface area contributed by atoms with Crippen molar-refractivity contribution < 1.29 is 4.79 Å². The van der Waals surface area contributed by atoms with Crippen molar-refractivity contribution in [1.82, 2.24) is 20.4 Å². The van der Waals surface area contributed by atoms with E-state index in [1.807, 2.05) is 29.4 Å². The van der Waals surface area contributed by atoms with Crippen molar-refractivity contribution >= 4 is 29.0 Å². The largest absolute Gasteiger partial charge is 0.338 e. The summed E-state index contributed by atoms with van der Waals surface area (Å²) in [7, 11) is 0. The summed E-state index contributed by atoms with van der Waals surface area (Å²) in [4.78, 5) is 15.6. The van der Waals surface area contributed by atoms with E-state index in [9.17, 15) is 4.79 Å². The smallest absolute Gasteiger partial charge is 0.317 e. The number of likely N-dealkylation sites (tertiary alicyclic amines) is 1. The van der Waals surface area contributed by atoms with Crippen LogP contribution in [-0.4, -0.2) is 34.2 Å². The Morgan fingerprint density at radius 1 is 1.50 bits per heavy atom. The highest BCUT2D eigenvalue weighted by atomic mass is 35.5. The molecule has 5 nitrogen and oxygen atoms in total. The van der Waals surface area contributed by atoms with Crippen LogP contribution in [0.1, 0.15) is 35.7 Å². The van der Waals surface area contributed by atoms with Gasteiger partial charge in [0.15, 0.2) is 0 Å². The summed E-state index contributed by atoms with van der Waals surface area (Å²) in [5.74, 6) is 0. The van der Waals surface area contributed by atoms with E-state index in [1.165, 1.54) is 4.88 Å². The maximum atomic E-state index is 12.5. The lowest BCUT2D eigenvalue weighted by molar-refractivity contribution is 0.151. The predicted octanol–water partition coefficient (Wildman–Crippen LogP) is 3.60. The van der Waals surface area contributed by atoms with Crippen molar-refractivity contribution in [1.29, 1.82) is 0 Å². The molecule has 1 aliphatic heterocycles. The minimum atomic E-state index is 0.00792. The van der Waals surface area contributed by atoms with E-state index < -0.39 is 0 Å². The van der Waals surface area contributed by atoms with Crippen LogP contribution in [0.4, 0.5) is 4.79 Å². The topological polar surface area (TPSA) is 61.0 Å². The number of nitrogens with one attached hydrogen (secondary N) is 2. The molecule has 3 rings (SSSR count). The molecule has 1 unspecified atom stereocenters. The fourth-order valence-electron chi connectivity index (χ4n) is 2.84. The van der Waals surface area contributed by atoms with E-state index in [-0.39, 0.29) is 12.1 Å². The molecule has 2 aromatic rings.